The number of carbonyl (C=O) groups is 1. The van der Waals surface area contributed by atoms with Crippen LogP contribution < -0.4 is 0 Å². The molecule has 0 saturated carbocycles. The van der Waals surface area contributed by atoms with Crippen LogP contribution in [0.2, 0.25) is 0 Å². The Hall–Kier alpha value is -2.09. The smallest absolute Gasteiger partial charge is 0.150 e. The highest BCUT2D eigenvalue weighted by Gasteiger charge is 2.16. The van der Waals surface area contributed by atoms with Crippen LogP contribution in [0.5, 0.6) is 0 Å². The summed E-state index contributed by atoms with van der Waals surface area (Å²) in [7, 11) is 0. The summed E-state index contributed by atoms with van der Waals surface area (Å²) in [6.07, 6.45) is 13.7. The van der Waals surface area contributed by atoms with Gasteiger partial charge in [0.05, 0.1) is 0 Å². The zero-order chi connectivity index (χ0) is 13.7. The molecule has 0 radical (unpaired) electrons. The van der Waals surface area contributed by atoms with Gasteiger partial charge in [-0.05, 0) is 19.4 Å². The van der Waals surface area contributed by atoms with Crippen molar-refractivity contribution in [3.63, 3.8) is 0 Å². The minimum atomic E-state index is -0.0466. The Labute approximate surface area is 114 Å². The maximum Gasteiger partial charge on any atom is 0.150 e. The highest BCUT2D eigenvalue weighted by Crippen LogP contribution is 2.27. The van der Waals surface area contributed by atoms with E-state index in [0.717, 1.165) is 18.4 Å². The van der Waals surface area contributed by atoms with Gasteiger partial charge in [-0.1, -0.05) is 48.6 Å². The third kappa shape index (κ3) is 3.44. The minimum absolute atomic E-state index is 0.0466. The maximum atomic E-state index is 10.6. The molecule has 1 aliphatic rings. The Morgan fingerprint density at radius 1 is 1.11 bits per heavy atom. The van der Waals surface area contributed by atoms with Gasteiger partial charge in [-0.3, -0.25) is 4.79 Å². The van der Waals surface area contributed by atoms with Gasteiger partial charge < -0.3 is 4.90 Å². The van der Waals surface area contributed by atoms with Gasteiger partial charge in [0, 0.05) is 29.9 Å². The molecule has 0 aromatic heterocycles. The Kier molecular flexibility index (Phi) is 4.00. The van der Waals surface area contributed by atoms with E-state index in [1.54, 1.807) is 0 Å². The van der Waals surface area contributed by atoms with Gasteiger partial charge in [0.2, 0.25) is 0 Å². The minimum Gasteiger partial charge on any atom is -0.355 e. The lowest BCUT2D eigenvalue weighted by molar-refractivity contribution is 0.112. The van der Waals surface area contributed by atoms with Crippen molar-refractivity contribution < 1.29 is 4.79 Å². The van der Waals surface area contributed by atoms with Gasteiger partial charge in [0.15, 0.2) is 0 Å². The highest BCUT2D eigenvalue weighted by atomic mass is 16.1. The zero-order valence-corrected chi connectivity index (χ0v) is 11.4. The molecule has 0 atom stereocenters. The molecule has 19 heavy (non-hydrogen) atoms. The van der Waals surface area contributed by atoms with Crippen molar-refractivity contribution in [3.8, 4) is 0 Å². The third-order valence-electron chi connectivity index (χ3n) is 3.32. The second-order valence-electron chi connectivity index (χ2n) is 4.95. The van der Waals surface area contributed by atoms with Gasteiger partial charge in [-0.15, -0.1) is 0 Å². The molecule has 0 fully saturated rings. The molecule has 0 bridgehead atoms. The van der Waals surface area contributed by atoms with Crippen LogP contribution >= 0.6 is 0 Å². The average molecular weight is 253 g/mol. The monoisotopic (exact) mass is 253 g/mol. The zero-order valence-electron chi connectivity index (χ0n) is 11.4. The molecular weight excluding hydrogens is 234 g/mol. The molecule has 1 aromatic rings. The molecule has 2 heteroatoms. The van der Waals surface area contributed by atoms with Gasteiger partial charge in [0.25, 0.3) is 0 Å². The molecule has 0 unspecified atom stereocenters. The van der Waals surface area contributed by atoms with E-state index in [4.69, 9.17) is 0 Å². The summed E-state index contributed by atoms with van der Waals surface area (Å²) in [5.74, 6) is 0. The number of allylic oxidation sites excluding steroid dienone is 3. The lowest BCUT2D eigenvalue weighted by Crippen LogP contribution is -2.17. The lowest BCUT2D eigenvalue weighted by atomic mass is 9.88. The molecule has 0 aliphatic carbocycles. The van der Waals surface area contributed by atoms with E-state index < -0.39 is 0 Å². The predicted molar refractivity (Wildman–Crippen MR) is 79.6 cm³/mol. The summed E-state index contributed by atoms with van der Waals surface area (Å²) in [4.78, 5) is 12.7. The summed E-state index contributed by atoms with van der Waals surface area (Å²) in [6.45, 7) is 5.28. The number of hydrogen-bond acceptors (Lipinski definition) is 2. The Morgan fingerprint density at radius 2 is 1.68 bits per heavy atom. The summed E-state index contributed by atoms with van der Waals surface area (Å²) in [5.41, 5.74) is 1.76. The molecule has 2 nitrogen and oxygen atoms in total. The fraction of sp³-hybridized carbons (Fsp3) is 0.235. The molecule has 98 valence electrons. The quantitative estimate of drug-likeness (QED) is 0.759. The van der Waals surface area contributed by atoms with Gasteiger partial charge in [-0.2, -0.15) is 0 Å². The van der Waals surface area contributed by atoms with Gasteiger partial charge in [0.1, 0.15) is 6.29 Å². The van der Waals surface area contributed by atoms with Crippen LogP contribution in [-0.2, 0) is 0 Å². The van der Waals surface area contributed by atoms with Crippen molar-refractivity contribution in [1.29, 1.82) is 0 Å². The third-order valence-corrected chi connectivity index (χ3v) is 3.32. The van der Waals surface area contributed by atoms with E-state index in [0.29, 0.717) is 5.56 Å². The molecule has 0 amide bonds. The van der Waals surface area contributed by atoms with Crippen LogP contribution in [0.15, 0.2) is 54.9 Å². The lowest BCUT2D eigenvalue weighted by Gasteiger charge is -2.25. The number of nitrogens with zero attached hydrogens (tertiary/aromatic N) is 1. The van der Waals surface area contributed by atoms with E-state index in [9.17, 15) is 4.79 Å². The van der Waals surface area contributed by atoms with Crippen molar-refractivity contribution in [2.75, 3.05) is 6.54 Å². The van der Waals surface area contributed by atoms with Gasteiger partial charge >= 0.3 is 0 Å². The van der Waals surface area contributed by atoms with Crippen LogP contribution in [-0.4, -0.2) is 17.7 Å². The second-order valence-corrected chi connectivity index (χ2v) is 4.95. The van der Waals surface area contributed by atoms with E-state index in [-0.39, 0.29) is 5.41 Å². The highest BCUT2D eigenvalue weighted by molar-refractivity contribution is 5.75. The van der Waals surface area contributed by atoms with Crippen molar-refractivity contribution in [2.45, 2.75) is 13.8 Å². The molecular formula is C17H19NO. The standard InChI is InChI=1S/C17H19NO/c1-3-18-12-10-17(2,11-13-18)9-8-15-4-6-16(14-19)7-5-15/h4-14H,3H2,1-2H3/b9-8+. The molecule has 0 saturated heterocycles. The molecule has 0 spiro atoms. The average Bonchev–Trinajstić information content (AvgIpc) is 2.47. The van der Waals surface area contributed by atoms with Crippen molar-refractivity contribution >= 4 is 12.4 Å². The van der Waals surface area contributed by atoms with Crippen LogP contribution in [0.3, 0.4) is 0 Å². The normalized spacial score (nSPS) is 17.1. The topological polar surface area (TPSA) is 20.3 Å². The molecule has 1 aromatic carbocycles. The second kappa shape index (κ2) is 5.70. The fourth-order valence-electron chi connectivity index (χ4n) is 1.90. The Balaban J connectivity index is 2.09. The van der Waals surface area contributed by atoms with Crippen LogP contribution in [0, 0.1) is 5.41 Å². The fourth-order valence-corrected chi connectivity index (χ4v) is 1.90. The van der Waals surface area contributed by atoms with Crippen LogP contribution in [0.1, 0.15) is 29.8 Å². The van der Waals surface area contributed by atoms with Crippen molar-refractivity contribution in [3.05, 3.63) is 66.0 Å². The Morgan fingerprint density at radius 3 is 2.21 bits per heavy atom. The molecule has 0 N–H and O–H groups in total. The molecule has 1 heterocycles. The van der Waals surface area contributed by atoms with Gasteiger partial charge in [-0.25, -0.2) is 0 Å². The first kappa shape index (κ1) is 13.3. The van der Waals surface area contributed by atoms with Crippen LogP contribution in [0.25, 0.3) is 6.08 Å². The number of aldehydes is 1. The molecule has 1 aliphatic heterocycles. The predicted octanol–water partition coefficient (Wildman–Crippen LogP) is 3.88. The number of carbonyl (C=O) groups excluding carboxylic acids is 1. The van der Waals surface area contributed by atoms with Crippen molar-refractivity contribution in [2.24, 2.45) is 5.41 Å². The summed E-state index contributed by atoms with van der Waals surface area (Å²) >= 11 is 0. The summed E-state index contributed by atoms with van der Waals surface area (Å²) in [5, 5.41) is 0. The van der Waals surface area contributed by atoms with E-state index in [1.807, 2.05) is 24.3 Å². The van der Waals surface area contributed by atoms with E-state index >= 15 is 0 Å². The maximum absolute atomic E-state index is 10.6. The summed E-state index contributed by atoms with van der Waals surface area (Å²) in [6, 6.07) is 7.58. The molecule has 2 rings (SSSR count). The first-order chi connectivity index (χ1) is 9.15. The van der Waals surface area contributed by atoms with Crippen LogP contribution in [0.4, 0.5) is 0 Å². The number of hydrogen-bond donors (Lipinski definition) is 0. The van der Waals surface area contributed by atoms with E-state index in [2.05, 4.69) is 55.5 Å². The van der Waals surface area contributed by atoms with E-state index in [1.165, 1.54) is 0 Å². The first-order valence-corrected chi connectivity index (χ1v) is 6.54. The van der Waals surface area contributed by atoms with Crippen molar-refractivity contribution in [1.82, 2.24) is 4.90 Å². The SMILES string of the molecule is CCN1C=CC(C)(/C=C/c2ccc(C=O)cc2)C=C1. The Bertz CT molecular complexity index is 509. The largest absolute Gasteiger partial charge is 0.355 e. The summed E-state index contributed by atoms with van der Waals surface area (Å²) < 4.78 is 0. The first-order valence-electron chi connectivity index (χ1n) is 6.54. The number of benzene rings is 1. The number of rotatable bonds is 4.